The third-order valence-electron chi connectivity index (χ3n) is 4.71. The minimum Gasteiger partial charge on any atom is -0.321 e. The van der Waals surface area contributed by atoms with E-state index in [0.717, 1.165) is 15.6 Å². The molecule has 2 heterocycles. The molecule has 1 amide bonds. The molecule has 0 radical (unpaired) electrons. The number of carbonyl (C=O) groups excluding carboxylic acids is 1. The molecule has 0 unspecified atom stereocenters. The number of aromatic nitrogens is 1. The fourth-order valence-corrected chi connectivity index (χ4v) is 5.05. The lowest BCUT2D eigenvalue weighted by molar-refractivity contribution is 0.103. The molecule has 30 heavy (non-hydrogen) atoms. The first-order valence-electron chi connectivity index (χ1n) is 9.29. The predicted molar refractivity (Wildman–Crippen MR) is 123 cm³/mol. The van der Waals surface area contributed by atoms with E-state index in [1.807, 2.05) is 60.0 Å². The van der Waals surface area contributed by atoms with E-state index in [4.69, 9.17) is 0 Å². The lowest BCUT2D eigenvalue weighted by atomic mass is 10.1. The number of rotatable bonds is 4. The quantitative estimate of drug-likeness (QED) is 0.331. The van der Waals surface area contributed by atoms with Crippen molar-refractivity contribution in [3.05, 3.63) is 94.9 Å². The molecule has 5 rings (SSSR count). The van der Waals surface area contributed by atoms with Crippen molar-refractivity contribution in [3.8, 4) is 21.8 Å². The van der Waals surface area contributed by atoms with E-state index in [9.17, 15) is 9.18 Å². The van der Waals surface area contributed by atoms with Crippen molar-refractivity contribution in [1.29, 1.82) is 0 Å². The van der Waals surface area contributed by atoms with E-state index >= 15 is 0 Å². The van der Waals surface area contributed by atoms with E-state index in [1.165, 1.54) is 28.7 Å². The summed E-state index contributed by atoms with van der Waals surface area (Å²) in [6.07, 6.45) is 0. The Kier molecular flexibility index (Phi) is 4.86. The molecule has 0 saturated carbocycles. The summed E-state index contributed by atoms with van der Waals surface area (Å²) in [5.74, 6) is -0.460. The number of thiophene rings is 1. The second-order valence-electron chi connectivity index (χ2n) is 6.67. The molecule has 5 aromatic rings. The van der Waals surface area contributed by atoms with Crippen LogP contribution in [0.4, 0.5) is 10.1 Å². The highest BCUT2D eigenvalue weighted by Crippen LogP contribution is 2.34. The van der Waals surface area contributed by atoms with Crippen LogP contribution in [-0.2, 0) is 0 Å². The van der Waals surface area contributed by atoms with Gasteiger partial charge in [0.05, 0.1) is 16.3 Å². The standard InChI is InChI=1S/C24H15FN2OS2/c25-18-10-4-2-8-16(18)24-27-20(14-29-24)17-9-3-5-11-19(17)26-23(28)22-13-15-7-1-6-12-21(15)30-22/h1-14H,(H,26,28). The highest BCUT2D eigenvalue weighted by Gasteiger charge is 2.16. The van der Waals surface area contributed by atoms with Crippen molar-refractivity contribution in [2.24, 2.45) is 0 Å². The van der Waals surface area contributed by atoms with Gasteiger partial charge in [-0.3, -0.25) is 4.79 Å². The van der Waals surface area contributed by atoms with Crippen LogP contribution in [0, 0.1) is 5.82 Å². The number of fused-ring (bicyclic) bond motifs is 1. The maximum Gasteiger partial charge on any atom is 0.265 e. The van der Waals surface area contributed by atoms with Gasteiger partial charge in [0.15, 0.2) is 0 Å². The number of carbonyl (C=O) groups is 1. The Morgan fingerprint density at radius 3 is 2.47 bits per heavy atom. The van der Waals surface area contributed by atoms with Gasteiger partial charge in [-0.1, -0.05) is 48.5 Å². The number of nitrogens with zero attached hydrogens (tertiary/aromatic N) is 1. The van der Waals surface area contributed by atoms with E-state index in [2.05, 4.69) is 10.3 Å². The fraction of sp³-hybridized carbons (Fsp3) is 0. The van der Waals surface area contributed by atoms with Gasteiger partial charge in [-0.25, -0.2) is 9.37 Å². The Morgan fingerprint density at radius 1 is 0.900 bits per heavy atom. The van der Waals surface area contributed by atoms with Crippen LogP contribution in [-0.4, -0.2) is 10.9 Å². The van der Waals surface area contributed by atoms with Crippen LogP contribution in [0.2, 0.25) is 0 Å². The number of thiazole rings is 1. The molecular formula is C24H15FN2OS2. The van der Waals surface area contributed by atoms with Crippen LogP contribution in [0.25, 0.3) is 31.9 Å². The van der Waals surface area contributed by atoms with Crippen LogP contribution in [0.15, 0.2) is 84.2 Å². The fourth-order valence-electron chi connectivity index (χ4n) is 3.25. The summed E-state index contributed by atoms with van der Waals surface area (Å²) in [5.41, 5.74) is 2.64. The lowest BCUT2D eigenvalue weighted by Crippen LogP contribution is -2.10. The summed E-state index contributed by atoms with van der Waals surface area (Å²) in [4.78, 5) is 18.1. The number of halogens is 1. The first-order chi connectivity index (χ1) is 14.7. The molecule has 0 fully saturated rings. The van der Waals surface area contributed by atoms with Crippen molar-refractivity contribution >= 4 is 44.4 Å². The molecule has 0 bridgehead atoms. The molecule has 0 spiro atoms. The van der Waals surface area contributed by atoms with Gasteiger partial charge in [0, 0.05) is 21.2 Å². The second kappa shape index (κ2) is 7.82. The SMILES string of the molecule is O=C(Nc1ccccc1-c1csc(-c2ccccc2F)n1)c1cc2ccccc2s1. The molecule has 3 aromatic carbocycles. The van der Waals surface area contributed by atoms with Gasteiger partial charge in [-0.15, -0.1) is 22.7 Å². The van der Waals surface area contributed by atoms with Crippen LogP contribution < -0.4 is 5.32 Å². The van der Waals surface area contributed by atoms with E-state index in [0.29, 0.717) is 26.8 Å². The average Bonchev–Trinajstić information content (AvgIpc) is 3.42. The molecule has 6 heteroatoms. The number of anilines is 1. The number of nitrogens with one attached hydrogen (secondary N) is 1. The molecule has 0 atom stereocenters. The number of para-hydroxylation sites is 1. The zero-order valence-electron chi connectivity index (χ0n) is 15.6. The van der Waals surface area contributed by atoms with Gasteiger partial charge >= 0.3 is 0 Å². The molecule has 1 N–H and O–H groups in total. The largest absolute Gasteiger partial charge is 0.321 e. The summed E-state index contributed by atoms with van der Waals surface area (Å²) >= 11 is 2.84. The first kappa shape index (κ1) is 18.7. The highest BCUT2D eigenvalue weighted by atomic mass is 32.1. The van der Waals surface area contributed by atoms with Gasteiger partial charge in [0.1, 0.15) is 10.8 Å². The summed E-state index contributed by atoms with van der Waals surface area (Å²) < 4.78 is 15.2. The molecular weight excluding hydrogens is 415 g/mol. The van der Waals surface area contributed by atoms with E-state index in [-0.39, 0.29) is 11.7 Å². The van der Waals surface area contributed by atoms with Crippen LogP contribution in [0.3, 0.4) is 0 Å². The lowest BCUT2D eigenvalue weighted by Gasteiger charge is -2.08. The maximum absolute atomic E-state index is 14.1. The summed E-state index contributed by atoms with van der Waals surface area (Å²) in [6, 6.07) is 23.9. The molecule has 3 nitrogen and oxygen atoms in total. The minimum absolute atomic E-state index is 0.159. The van der Waals surface area contributed by atoms with E-state index < -0.39 is 0 Å². The average molecular weight is 431 g/mol. The first-order valence-corrected chi connectivity index (χ1v) is 11.0. The monoisotopic (exact) mass is 430 g/mol. The Labute approximate surface area is 180 Å². The molecule has 0 aliphatic carbocycles. The summed E-state index contributed by atoms with van der Waals surface area (Å²) in [7, 11) is 0. The van der Waals surface area contributed by atoms with Crippen molar-refractivity contribution < 1.29 is 9.18 Å². The summed E-state index contributed by atoms with van der Waals surface area (Å²) in [5, 5.41) is 6.55. The molecule has 0 saturated heterocycles. The number of hydrogen-bond donors (Lipinski definition) is 1. The van der Waals surface area contributed by atoms with Crippen molar-refractivity contribution in [3.63, 3.8) is 0 Å². The molecule has 146 valence electrons. The van der Waals surface area contributed by atoms with Crippen LogP contribution in [0.1, 0.15) is 9.67 Å². The summed E-state index contributed by atoms with van der Waals surface area (Å²) in [6.45, 7) is 0. The highest BCUT2D eigenvalue weighted by molar-refractivity contribution is 7.20. The van der Waals surface area contributed by atoms with Gasteiger partial charge in [0.2, 0.25) is 0 Å². The number of hydrogen-bond acceptors (Lipinski definition) is 4. The molecule has 2 aromatic heterocycles. The van der Waals surface area contributed by atoms with Crippen molar-refractivity contribution in [2.75, 3.05) is 5.32 Å². The molecule has 0 aliphatic rings. The Balaban J connectivity index is 1.46. The topological polar surface area (TPSA) is 42.0 Å². The van der Waals surface area contributed by atoms with Gasteiger partial charge in [-0.2, -0.15) is 0 Å². The number of benzene rings is 3. The van der Waals surface area contributed by atoms with Gasteiger partial charge in [-0.05, 0) is 35.7 Å². The smallest absolute Gasteiger partial charge is 0.265 e. The molecule has 0 aliphatic heterocycles. The number of amides is 1. The van der Waals surface area contributed by atoms with E-state index in [1.54, 1.807) is 18.2 Å². The third kappa shape index (κ3) is 3.51. The third-order valence-corrected chi connectivity index (χ3v) is 6.70. The van der Waals surface area contributed by atoms with Crippen molar-refractivity contribution in [2.45, 2.75) is 0 Å². The second-order valence-corrected chi connectivity index (χ2v) is 8.61. The predicted octanol–water partition coefficient (Wildman–Crippen LogP) is 7.08. The van der Waals surface area contributed by atoms with Gasteiger partial charge in [0.25, 0.3) is 5.91 Å². The Bertz CT molecular complexity index is 1340. The maximum atomic E-state index is 14.1. The van der Waals surface area contributed by atoms with Crippen LogP contribution >= 0.6 is 22.7 Å². The van der Waals surface area contributed by atoms with Crippen molar-refractivity contribution in [1.82, 2.24) is 4.98 Å². The van der Waals surface area contributed by atoms with Gasteiger partial charge < -0.3 is 5.32 Å². The normalized spacial score (nSPS) is 11.0. The van der Waals surface area contributed by atoms with Crippen LogP contribution in [0.5, 0.6) is 0 Å². The minimum atomic E-state index is -0.301. The Morgan fingerprint density at radius 2 is 1.63 bits per heavy atom. The zero-order valence-corrected chi connectivity index (χ0v) is 17.3. The zero-order chi connectivity index (χ0) is 20.5. The Hall–Kier alpha value is -3.35.